The molecule has 0 saturated heterocycles. The maximum absolute atomic E-state index is 11.8. The second-order valence-electron chi connectivity index (χ2n) is 4.17. The average Bonchev–Trinajstić information content (AvgIpc) is 2.37. The van der Waals surface area contributed by atoms with Crippen LogP contribution in [0.3, 0.4) is 0 Å². The van der Waals surface area contributed by atoms with E-state index in [1.54, 1.807) is 0 Å². The predicted molar refractivity (Wildman–Crippen MR) is 71.7 cm³/mol. The van der Waals surface area contributed by atoms with Crippen LogP contribution >= 0.6 is 11.6 Å². The number of carbonyl (C=O) groups excluding carboxylic acids is 1. The van der Waals surface area contributed by atoms with E-state index >= 15 is 0 Å². The Morgan fingerprint density at radius 3 is 2.60 bits per heavy atom. The highest BCUT2D eigenvalue weighted by molar-refractivity contribution is 6.31. The highest BCUT2D eigenvalue weighted by Crippen LogP contribution is 2.23. The lowest BCUT2D eigenvalue weighted by molar-refractivity contribution is -0.384. The van der Waals surface area contributed by atoms with Gasteiger partial charge in [-0.05, 0) is 5.56 Å². The Morgan fingerprint density at radius 1 is 1.45 bits per heavy atom. The van der Waals surface area contributed by atoms with Crippen molar-refractivity contribution in [1.82, 2.24) is 4.90 Å². The first-order chi connectivity index (χ1) is 9.31. The van der Waals surface area contributed by atoms with Crippen molar-refractivity contribution in [3.63, 3.8) is 0 Å². The van der Waals surface area contributed by atoms with Gasteiger partial charge in [-0.2, -0.15) is 0 Å². The molecule has 7 nitrogen and oxygen atoms in total. The van der Waals surface area contributed by atoms with Crippen molar-refractivity contribution >= 4 is 29.2 Å². The van der Waals surface area contributed by atoms with Crippen LogP contribution in [0.2, 0.25) is 5.02 Å². The van der Waals surface area contributed by atoms with Gasteiger partial charge in [-0.25, -0.2) is 0 Å². The molecule has 0 aliphatic heterocycles. The standard InChI is InChI=1S/C12H13ClN2O5/c1-14(5-4-12(17)18)11(16)6-8-2-3-9(15(19)20)7-10(8)13/h2-3,7H,4-6H2,1H3,(H,17,18). The average molecular weight is 301 g/mol. The lowest BCUT2D eigenvalue weighted by Gasteiger charge is -2.16. The van der Waals surface area contributed by atoms with Gasteiger partial charge in [-0.15, -0.1) is 0 Å². The van der Waals surface area contributed by atoms with Crippen molar-refractivity contribution in [2.45, 2.75) is 12.8 Å². The normalized spacial score (nSPS) is 10.1. The molecule has 0 aromatic heterocycles. The number of nitro benzene ring substituents is 1. The van der Waals surface area contributed by atoms with Crippen molar-refractivity contribution in [1.29, 1.82) is 0 Å². The van der Waals surface area contributed by atoms with Gasteiger partial charge in [0.25, 0.3) is 5.69 Å². The SMILES string of the molecule is CN(CCC(=O)O)C(=O)Cc1ccc([N+](=O)[O-])cc1Cl. The number of nitrogens with zero attached hydrogens (tertiary/aromatic N) is 2. The van der Waals surface area contributed by atoms with Crippen LogP contribution in [0.15, 0.2) is 18.2 Å². The van der Waals surface area contributed by atoms with E-state index in [4.69, 9.17) is 16.7 Å². The molecule has 8 heteroatoms. The van der Waals surface area contributed by atoms with Gasteiger partial charge in [-0.1, -0.05) is 17.7 Å². The minimum atomic E-state index is -0.988. The van der Waals surface area contributed by atoms with E-state index in [2.05, 4.69) is 0 Å². The summed E-state index contributed by atoms with van der Waals surface area (Å²) in [4.78, 5) is 33.5. The van der Waals surface area contributed by atoms with E-state index in [0.717, 1.165) is 0 Å². The molecule has 0 atom stereocenters. The number of non-ortho nitro benzene ring substituents is 1. The summed E-state index contributed by atoms with van der Waals surface area (Å²) in [5.74, 6) is -1.29. The summed E-state index contributed by atoms with van der Waals surface area (Å²) in [6, 6.07) is 3.87. The fourth-order valence-electron chi connectivity index (χ4n) is 1.48. The molecule has 0 unspecified atom stereocenters. The monoisotopic (exact) mass is 300 g/mol. The van der Waals surface area contributed by atoms with Crippen molar-refractivity contribution in [3.8, 4) is 0 Å². The van der Waals surface area contributed by atoms with E-state index in [1.807, 2.05) is 0 Å². The summed E-state index contributed by atoms with van der Waals surface area (Å²) < 4.78 is 0. The molecule has 108 valence electrons. The zero-order chi connectivity index (χ0) is 15.3. The van der Waals surface area contributed by atoms with Crippen LogP contribution in [0.5, 0.6) is 0 Å². The fraction of sp³-hybridized carbons (Fsp3) is 0.333. The molecule has 1 amide bonds. The van der Waals surface area contributed by atoms with Crippen LogP contribution in [0.25, 0.3) is 0 Å². The minimum absolute atomic E-state index is 0.0348. The molecule has 0 radical (unpaired) electrons. The lowest BCUT2D eigenvalue weighted by atomic mass is 10.1. The van der Waals surface area contributed by atoms with Gasteiger partial charge >= 0.3 is 5.97 Å². The molecule has 1 aromatic rings. The Morgan fingerprint density at radius 2 is 2.10 bits per heavy atom. The van der Waals surface area contributed by atoms with Crippen molar-refractivity contribution in [3.05, 3.63) is 38.9 Å². The first-order valence-corrected chi connectivity index (χ1v) is 6.07. The van der Waals surface area contributed by atoms with Crippen LogP contribution in [0, 0.1) is 10.1 Å². The number of nitro groups is 1. The smallest absolute Gasteiger partial charge is 0.305 e. The third-order valence-corrected chi connectivity index (χ3v) is 3.03. The molecule has 0 aliphatic rings. The van der Waals surface area contributed by atoms with E-state index in [1.165, 1.54) is 30.1 Å². The molecule has 0 heterocycles. The van der Waals surface area contributed by atoms with E-state index in [0.29, 0.717) is 5.56 Å². The number of likely N-dealkylation sites (N-methyl/N-ethyl adjacent to an activating group) is 1. The van der Waals surface area contributed by atoms with Gasteiger partial charge in [0, 0.05) is 25.7 Å². The van der Waals surface area contributed by atoms with Crippen LogP contribution in [-0.2, 0) is 16.0 Å². The zero-order valence-corrected chi connectivity index (χ0v) is 11.5. The number of rotatable bonds is 6. The number of halogens is 1. The topological polar surface area (TPSA) is 101 Å². The number of carbonyl (C=O) groups is 2. The number of benzene rings is 1. The molecule has 1 N–H and O–H groups in total. The fourth-order valence-corrected chi connectivity index (χ4v) is 1.72. The molecular weight excluding hydrogens is 288 g/mol. The van der Waals surface area contributed by atoms with Crippen molar-refractivity contribution in [2.75, 3.05) is 13.6 Å². The summed E-state index contributed by atoms with van der Waals surface area (Å²) >= 11 is 5.88. The Hall–Kier alpha value is -2.15. The van der Waals surface area contributed by atoms with Crippen LogP contribution in [0.1, 0.15) is 12.0 Å². The van der Waals surface area contributed by atoms with Gasteiger partial charge < -0.3 is 10.0 Å². The lowest BCUT2D eigenvalue weighted by Crippen LogP contribution is -2.30. The third kappa shape index (κ3) is 4.51. The second-order valence-corrected chi connectivity index (χ2v) is 4.58. The molecule has 0 spiro atoms. The largest absolute Gasteiger partial charge is 0.481 e. The Balaban J connectivity index is 2.70. The molecule has 1 rings (SSSR count). The number of hydrogen-bond donors (Lipinski definition) is 1. The number of carboxylic acid groups (broad SMARTS) is 1. The van der Waals surface area contributed by atoms with E-state index in [-0.39, 0.29) is 36.0 Å². The number of aliphatic carboxylic acids is 1. The summed E-state index contributed by atoms with van der Waals surface area (Å²) in [5.41, 5.74) is 0.315. The first kappa shape index (κ1) is 15.9. The number of carboxylic acids is 1. The maximum atomic E-state index is 11.8. The summed E-state index contributed by atoms with van der Waals surface area (Å²) in [7, 11) is 1.49. The number of amides is 1. The second kappa shape index (κ2) is 6.85. The molecule has 1 aromatic carbocycles. The van der Waals surface area contributed by atoms with Gasteiger partial charge in [0.1, 0.15) is 0 Å². The van der Waals surface area contributed by atoms with E-state index in [9.17, 15) is 19.7 Å². The third-order valence-electron chi connectivity index (χ3n) is 2.68. The van der Waals surface area contributed by atoms with Gasteiger partial charge in [0.2, 0.25) is 5.91 Å². The van der Waals surface area contributed by atoms with Crippen molar-refractivity contribution in [2.24, 2.45) is 0 Å². The Kier molecular flexibility index (Phi) is 5.45. The Labute approximate surface area is 119 Å². The summed E-state index contributed by atoms with van der Waals surface area (Å²) in [6.45, 7) is 0.0960. The molecule has 0 saturated carbocycles. The predicted octanol–water partition coefficient (Wildman–Crippen LogP) is 1.72. The molecule has 0 aliphatic carbocycles. The van der Waals surface area contributed by atoms with Gasteiger partial charge in [-0.3, -0.25) is 19.7 Å². The summed E-state index contributed by atoms with van der Waals surface area (Å²) in [5, 5.41) is 19.2. The number of hydrogen-bond acceptors (Lipinski definition) is 4. The summed E-state index contributed by atoms with van der Waals surface area (Å²) in [6.07, 6.45) is -0.177. The minimum Gasteiger partial charge on any atom is -0.481 e. The first-order valence-electron chi connectivity index (χ1n) is 5.70. The molecular formula is C12H13ClN2O5. The van der Waals surface area contributed by atoms with Crippen molar-refractivity contribution < 1.29 is 19.6 Å². The highest BCUT2D eigenvalue weighted by atomic mass is 35.5. The highest BCUT2D eigenvalue weighted by Gasteiger charge is 2.15. The van der Waals surface area contributed by atoms with Gasteiger partial charge in [0.15, 0.2) is 0 Å². The Bertz CT molecular complexity index is 547. The molecule has 0 fully saturated rings. The molecule has 0 bridgehead atoms. The van der Waals surface area contributed by atoms with Crippen LogP contribution < -0.4 is 0 Å². The van der Waals surface area contributed by atoms with Crippen LogP contribution in [-0.4, -0.2) is 40.4 Å². The maximum Gasteiger partial charge on any atom is 0.305 e. The zero-order valence-electron chi connectivity index (χ0n) is 10.7. The quantitative estimate of drug-likeness (QED) is 0.637. The van der Waals surface area contributed by atoms with Gasteiger partial charge in [0.05, 0.1) is 22.8 Å². The van der Waals surface area contributed by atoms with E-state index < -0.39 is 10.9 Å². The van der Waals surface area contributed by atoms with Crippen LogP contribution in [0.4, 0.5) is 5.69 Å². The molecule has 20 heavy (non-hydrogen) atoms.